The lowest BCUT2D eigenvalue weighted by atomic mass is 9.95. The number of piperidine rings is 2. The zero-order valence-corrected chi connectivity index (χ0v) is 16.0. The molecule has 2 fully saturated rings. The molecule has 1 N–H and O–H groups in total. The fourth-order valence-electron chi connectivity index (χ4n) is 3.98. The summed E-state index contributed by atoms with van der Waals surface area (Å²) in [5.74, 6) is -0.341. The van der Waals surface area contributed by atoms with E-state index in [-0.39, 0.29) is 30.2 Å². The van der Waals surface area contributed by atoms with Crippen molar-refractivity contribution in [3.63, 3.8) is 0 Å². The first kappa shape index (κ1) is 19.8. The van der Waals surface area contributed by atoms with Gasteiger partial charge in [-0.05, 0) is 62.9 Å². The van der Waals surface area contributed by atoms with Crippen molar-refractivity contribution in [2.75, 3.05) is 19.6 Å². The van der Waals surface area contributed by atoms with Crippen LogP contribution in [0.5, 0.6) is 0 Å². The summed E-state index contributed by atoms with van der Waals surface area (Å²) in [5.41, 5.74) is 1.38. The van der Waals surface area contributed by atoms with E-state index in [4.69, 9.17) is 0 Å². The van der Waals surface area contributed by atoms with Crippen molar-refractivity contribution in [1.82, 2.24) is 25.2 Å². The third kappa shape index (κ3) is 4.30. The maximum atomic E-state index is 13.2. The predicted molar refractivity (Wildman–Crippen MR) is 102 cm³/mol. The van der Waals surface area contributed by atoms with Crippen LogP contribution in [0.1, 0.15) is 60.2 Å². The number of carbonyl (C=O) groups excluding carboxylic acids is 1. The van der Waals surface area contributed by atoms with Crippen LogP contribution in [-0.2, 0) is 0 Å². The van der Waals surface area contributed by atoms with Gasteiger partial charge in [-0.1, -0.05) is 17.3 Å². The number of rotatable bonds is 3. The Morgan fingerprint density at radius 1 is 1.11 bits per heavy atom. The van der Waals surface area contributed by atoms with Gasteiger partial charge in [0.15, 0.2) is 5.69 Å². The highest BCUT2D eigenvalue weighted by Crippen LogP contribution is 2.32. The lowest BCUT2D eigenvalue weighted by Crippen LogP contribution is -2.38. The van der Waals surface area contributed by atoms with Gasteiger partial charge in [-0.2, -0.15) is 0 Å². The van der Waals surface area contributed by atoms with E-state index >= 15 is 0 Å². The van der Waals surface area contributed by atoms with Gasteiger partial charge in [0, 0.05) is 6.54 Å². The second-order valence-electron chi connectivity index (χ2n) is 7.13. The van der Waals surface area contributed by atoms with Crippen molar-refractivity contribution >= 4 is 18.3 Å². The van der Waals surface area contributed by atoms with Gasteiger partial charge in [0.05, 0.1) is 18.3 Å². The summed E-state index contributed by atoms with van der Waals surface area (Å²) < 4.78 is 15.1. The summed E-state index contributed by atoms with van der Waals surface area (Å²) in [7, 11) is 0. The largest absolute Gasteiger partial charge is 0.330 e. The molecule has 6 nitrogen and oxygen atoms in total. The molecule has 1 aromatic heterocycles. The van der Waals surface area contributed by atoms with Crippen molar-refractivity contribution in [1.29, 1.82) is 0 Å². The summed E-state index contributed by atoms with van der Waals surface area (Å²) in [6, 6.07) is 6.75. The first-order valence-electron chi connectivity index (χ1n) is 9.41. The highest BCUT2D eigenvalue weighted by molar-refractivity contribution is 5.92. The van der Waals surface area contributed by atoms with Gasteiger partial charge >= 0.3 is 0 Å². The van der Waals surface area contributed by atoms with Gasteiger partial charge in [-0.3, -0.25) is 4.79 Å². The van der Waals surface area contributed by atoms with E-state index in [2.05, 4.69) is 15.6 Å². The Hall–Kier alpha value is -1.99. The molecule has 0 bridgehead atoms. The molecule has 27 heavy (non-hydrogen) atoms. The lowest BCUT2D eigenvalue weighted by molar-refractivity contribution is 0.0605. The standard InChI is InChI=1S/C19H24FN5O.ClH/c20-15-6-4-14(5-7-15)18-3-1-2-12-24(18)19(26)17-13-25(23-22-17)16-8-10-21-11-9-16;/h4-7,13,16,18,21H,1-3,8-12H2;1H. The van der Waals surface area contributed by atoms with Crippen molar-refractivity contribution < 1.29 is 9.18 Å². The first-order chi connectivity index (χ1) is 12.7. The van der Waals surface area contributed by atoms with E-state index in [0.717, 1.165) is 50.8 Å². The van der Waals surface area contributed by atoms with Gasteiger partial charge in [-0.15, -0.1) is 17.5 Å². The number of nitrogens with zero attached hydrogens (tertiary/aromatic N) is 4. The molecule has 8 heteroatoms. The van der Waals surface area contributed by atoms with Gasteiger partial charge in [0.2, 0.25) is 0 Å². The number of hydrogen-bond acceptors (Lipinski definition) is 4. The number of aromatic nitrogens is 3. The molecule has 146 valence electrons. The van der Waals surface area contributed by atoms with Crippen LogP contribution in [-0.4, -0.2) is 45.4 Å². The fraction of sp³-hybridized carbons (Fsp3) is 0.526. The number of hydrogen-bond donors (Lipinski definition) is 1. The molecule has 0 saturated carbocycles. The van der Waals surface area contributed by atoms with Crippen molar-refractivity contribution in [3.8, 4) is 0 Å². The van der Waals surface area contributed by atoms with Crippen LogP contribution in [0.15, 0.2) is 30.5 Å². The highest BCUT2D eigenvalue weighted by atomic mass is 35.5. The van der Waals surface area contributed by atoms with E-state index in [9.17, 15) is 9.18 Å². The van der Waals surface area contributed by atoms with Crippen LogP contribution in [0, 0.1) is 5.82 Å². The van der Waals surface area contributed by atoms with Gasteiger partial charge in [0.25, 0.3) is 5.91 Å². The number of amides is 1. The molecule has 1 atom stereocenters. The molecule has 0 radical (unpaired) electrons. The second-order valence-corrected chi connectivity index (χ2v) is 7.13. The molecular formula is C19H25ClFN5O. The number of halogens is 2. The van der Waals surface area contributed by atoms with Gasteiger partial charge < -0.3 is 10.2 Å². The van der Waals surface area contributed by atoms with Crippen LogP contribution < -0.4 is 5.32 Å². The summed E-state index contributed by atoms with van der Waals surface area (Å²) in [4.78, 5) is 14.9. The smallest absolute Gasteiger partial charge is 0.276 e. The van der Waals surface area contributed by atoms with Crippen molar-refractivity contribution in [2.45, 2.75) is 44.2 Å². The van der Waals surface area contributed by atoms with Crippen LogP contribution >= 0.6 is 12.4 Å². The van der Waals surface area contributed by atoms with E-state index in [1.807, 2.05) is 9.58 Å². The molecule has 1 amide bonds. The summed E-state index contributed by atoms with van der Waals surface area (Å²) in [6.45, 7) is 2.63. The average molecular weight is 394 g/mol. The van der Waals surface area contributed by atoms with E-state index in [1.54, 1.807) is 18.3 Å². The molecule has 2 aliphatic heterocycles. The maximum Gasteiger partial charge on any atom is 0.276 e. The molecule has 0 aliphatic carbocycles. The highest BCUT2D eigenvalue weighted by Gasteiger charge is 2.30. The van der Waals surface area contributed by atoms with Crippen LogP contribution in [0.2, 0.25) is 0 Å². The molecule has 3 heterocycles. The molecule has 1 unspecified atom stereocenters. The van der Waals surface area contributed by atoms with E-state index in [1.165, 1.54) is 12.1 Å². The van der Waals surface area contributed by atoms with Crippen LogP contribution in [0.4, 0.5) is 4.39 Å². The topological polar surface area (TPSA) is 63.1 Å². The monoisotopic (exact) mass is 393 g/mol. The molecule has 2 saturated heterocycles. The summed E-state index contributed by atoms with van der Waals surface area (Å²) >= 11 is 0. The Morgan fingerprint density at radius 2 is 1.85 bits per heavy atom. The Balaban J connectivity index is 0.00000210. The quantitative estimate of drug-likeness (QED) is 0.870. The van der Waals surface area contributed by atoms with Gasteiger partial charge in [0.1, 0.15) is 5.82 Å². The Morgan fingerprint density at radius 3 is 2.59 bits per heavy atom. The number of carbonyl (C=O) groups is 1. The third-order valence-corrected chi connectivity index (χ3v) is 5.43. The van der Waals surface area contributed by atoms with Crippen LogP contribution in [0.3, 0.4) is 0 Å². The van der Waals surface area contributed by atoms with Gasteiger partial charge in [-0.25, -0.2) is 9.07 Å². The Bertz CT molecular complexity index is 760. The van der Waals surface area contributed by atoms with E-state index in [0.29, 0.717) is 18.3 Å². The average Bonchev–Trinajstić information content (AvgIpc) is 3.19. The summed E-state index contributed by atoms with van der Waals surface area (Å²) in [5, 5.41) is 11.7. The lowest BCUT2D eigenvalue weighted by Gasteiger charge is -2.35. The first-order valence-corrected chi connectivity index (χ1v) is 9.41. The molecule has 2 aliphatic rings. The number of benzene rings is 1. The zero-order chi connectivity index (χ0) is 17.9. The van der Waals surface area contributed by atoms with E-state index < -0.39 is 0 Å². The molecule has 2 aromatic rings. The SMILES string of the molecule is Cl.O=C(c1cn(C2CCNCC2)nn1)N1CCCCC1c1ccc(F)cc1. The minimum absolute atomic E-state index is 0. The number of likely N-dealkylation sites (tertiary alicyclic amines) is 1. The Labute approximate surface area is 164 Å². The molecule has 1 aromatic carbocycles. The predicted octanol–water partition coefficient (Wildman–Crippen LogP) is 3.13. The normalized spacial score (nSPS) is 20.9. The second kappa shape index (κ2) is 8.80. The molecular weight excluding hydrogens is 369 g/mol. The minimum Gasteiger partial charge on any atom is -0.330 e. The third-order valence-electron chi connectivity index (χ3n) is 5.43. The molecule has 0 spiro atoms. The molecule has 4 rings (SSSR count). The summed E-state index contributed by atoms with van der Waals surface area (Å²) in [6.07, 6.45) is 6.71. The fourth-order valence-corrected chi connectivity index (χ4v) is 3.98. The minimum atomic E-state index is -0.257. The van der Waals surface area contributed by atoms with Crippen molar-refractivity contribution in [2.24, 2.45) is 0 Å². The number of nitrogens with one attached hydrogen (secondary N) is 1. The Kier molecular flexibility index (Phi) is 6.44. The van der Waals surface area contributed by atoms with Crippen LogP contribution in [0.25, 0.3) is 0 Å². The zero-order valence-electron chi connectivity index (χ0n) is 15.2. The van der Waals surface area contributed by atoms with Crippen molar-refractivity contribution in [3.05, 3.63) is 47.5 Å². The maximum absolute atomic E-state index is 13.2.